The summed E-state index contributed by atoms with van der Waals surface area (Å²) in [6.07, 6.45) is 8.00. The van der Waals surface area contributed by atoms with Crippen molar-refractivity contribution in [3.8, 4) is 0 Å². The van der Waals surface area contributed by atoms with Crippen LogP contribution in [-0.2, 0) is 0 Å². The van der Waals surface area contributed by atoms with Gasteiger partial charge in [-0.15, -0.1) is 11.8 Å². The zero-order valence-electron chi connectivity index (χ0n) is 13.5. The standard InChI is InChI=1S/C18H31NS/c1-4-6-7-8-12-17(19-14-5-2)15-20-18-13-10-9-11-16(18)3/h9-11,13,17,19H,4-8,12,14-15H2,1-3H3. The van der Waals surface area contributed by atoms with Crippen molar-refractivity contribution in [3.63, 3.8) is 0 Å². The van der Waals surface area contributed by atoms with E-state index in [1.54, 1.807) is 0 Å². The van der Waals surface area contributed by atoms with Crippen molar-refractivity contribution < 1.29 is 0 Å². The number of hydrogen-bond donors (Lipinski definition) is 1. The Morgan fingerprint density at radius 2 is 1.85 bits per heavy atom. The molecule has 0 amide bonds. The van der Waals surface area contributed by atoms with E-state index in [-0.39, 0.29) is 0 Å². The zero-order valence-corrected chi connectivity index (χ0v) is 14.3. The summed E-state index contributed by atoms with van der Waals surface area (Å²) >= 11 is 2.01. The molecule has 0 spiro atoms. The third-order valence-electron chi connectivity index (χ3n) is 3.62. The molecule has 0 aliphatic carbocycles. The number of nitrogens with one attached hydrogen (secondary N) is 1. The molecule has 0 saturated heterocycles. The van der Waals surface area contributed by atoms with E-state index in [9.17, 15) is 0 Å². The van der Waals surface area contributed by atoms with Crippen LogP contribution in [0.3, 0.4) is 0 Å². The van der Waals surface area contributed by atoms with E-state index in [1.807, 2.05) is 11.8 Å². The highest BCUT2D eigenvalue weighted by Crippen LogP contribution is 2.23. The van der Waals surface area contributed by atoms with E-state index in [1.165, 1.54) is 54.7 Å². The Labute approximate surface area is 129 Å². The number of hydrogen-bond acceptors (Lipinski definition) is 2. The Bertz CT molecular complexity index is 351. The van der Waals surface area contributed by atoms with Gasteiger partial charge in [-0.25, -0.2) is 0 Å². The minimum atomic E-state index is 0.663. The first-order valence-electron chi connectivity index (χ1n) is 8.19. The van der Waals surface area contributed by atoms with Gasteiger partial charge < -0.3 is 5.32 Å². The summed E-state index contributed by atoms with van der Waals surface area (Å²) in [5.41, 5.74) is 1.40. The molecule has 1 rings (SSSR count). The average Bonchev–Trinajstić information content (AvgIpc) is 2.47. The molecule has 0 aliphatic heterocycles. The maximum Gasteiger partial charge on any atom is 0.0161 e. The van der Waals surface area contributed by atoms with Gasteiger partial charge >= 0.3 is 0 Å². The molecule has 0 radical (unpaired) electrons. The average molecular weight is 294 g/mol. The summed E-state index contributed by atoms with van der Waals surface area (Å²) in [6.45, 7) is 7.88. The summed E-state index contributed by atoms with van der Waals surface area (Å²) in [7, 11) is 0. The van der Waals surface area contributed by atoms with Gasteiger partial charge in [0.15, 0.2) is 0 Å². The second kappa shape index (κ2) is 11.2. The fourth-order valence-corrected chi connectivity index (χ4v) is 3.45. The molecule has 1 unspecified atom stereocenters. The zero-order chi connectivity index (χ0) is 14.6. The molecule has 1 atom stereocenters. The van der Waals surface area contributed by atoms with Crippen LogP contribution < -0.4 is 5.32 Å². The number of rotatable bonds is 11. The molecule has 0 aromatic heterocycles. The fraction of sp³-hybridized carbons (Fsp3) is 0.667. The molecule has 0 bridgehead atoms. The third-order valence-corrected chi connectivity index (χ3v) is 4.96. The first-order chi connectivity index (χ1) is 9.77. The van der Waals surface area contributed by atoms with Gasteiger partial charge in [-0.2, -0.15) is 0 Å². The molecular formula is C18H31NS. The van der Waals surface area contributed by atoms with Gasteiger partial charge in [-0.1, -0.05) is 57.7 Å². The predicted molar refractivity (Wildman–Crippen MR) is 92.7 cm³/mol. The van der Waals surface area contributed by atoms with Crippen molar-refractivity contribution in [1.82, 2.24) is 5.32 Å². The molecule has 1 N–H and O–H groups in total. The smallest absolute Gasteiger partial charge is 0.0161 e. The molecule has 1 aromatic carbocycles. The minimum Gasteiger partial charge on any atom is -0.313 e. The van der Waals surface area contributed by atoms with Gasteiger partial charge in [0.05, 0.1) is 0 Å². The van der Waals surface area contributed by atoms with Gasteiger partial charge in [-0.05, 0) is 37.9 Å². The largest absolute Gasteiger partial charge is 0.313 e. The van der Waals surface area contributed by atoms with Gasteiger partial charge in [0, 0.05) is 16.7 Å². The van der Waals surface area contributed by atoms with Crippen molar-refractivity contribution in [3.05, 3.63) is 29.8 Å². The molecule has 0 aliphatic rings. The lowest BCUT2D eigenvalue weighted by atomic mass is 10.1. The van der Waals surface area contributed by atoms with Crippen molar-refractivity contribution in [2.24, 2.45) is 0 Å². The van der Waals surface area contributed by atoms with Crippen LogP contribution in [-0.4, -0.2) is 18.3 Å². The quantitative estimate of drug-likeness (QED) is 0.431. The van der Waals surface area contributed by atoms with Crippen molar-refractivity contribution in [1.29, 1.82) is 0 Å². The molecule has 114 valence electrons. The lowest BCUT2D eigenvalue weighted by Crippen LogP contribution is -2.32. The van der Waals surface area contributed by atoms with E-state index in [4.69, 9.17) is 0 Å². The fourth-order valence-electron chi connectivity index (χ4n) is 2.32. The molecule has 0 fully saturated rings. The maximum absolute atomic E-state index is 3.72. The molecule has 0 saturated carbocycles. The summed E-state index contributed by atoms with van der Waals surface area (Å²) < 4.78 is 0. The predicted octanol–water partition coefficient (Wildman–Crippen LogP) is 5.43. The number of benzene rings is 1. The van der Waals surface area contributed by atoms with Crippen LogP contribution >= 0.6 is 11.8 Å². The Morgan fingerprint density at radius 1 is 1.05 bits per heavy atom. The Hall–Kier alpha value is -0.470. The molecule has 0 heterocycles. The lowest BCUT2D eigenvalue weighted by molar-refractivity contribution is 0.488. The second-order valence-electron chi connectivity index (χ2n) is 5.58. The highest BCUT2D eigenvalue weighted by molar-refractivity contribution is 7.99. The van der Waals surface area contributed by atoms with E-state index in [0.29, 0.717) is 6.04 Å². The number of unbranched alkanes of at least 4 members (excludes halogenated alkanes) is 3. The van der Waals surface area contributed by atoms with Crippen LogP contribution in [0.4, 0.5) is 0 Å². The monoisotopic (exact) mass is 293 g/mol. The molecule has 2 heteroatoms. The topological polar surface area (TPSA) is 12.0 Å². The van der Waals surface area contributed by atoms with Crippen LogP contribution in [0.5, 0.6) is 0 Å². The van der Waals surface area contributed by atoms with E-state index < -0.39 is 0 Å². The summed E-state index contributed by atoms with van der Waals surface area (Å²) in [5, 5.41) is 3.72. The first-order valence-corrected chi connectivity index (χ1v) is 9.18. The van der Waals surface area contributed by atoms with Crippen LogP contribution in [0.1, 0.15) is 57.9 Å². The first kappa shape index (κ1) is 17.6. The Kier molecular flexibility index (Phi) is 9.86. The lowest BCUT2D eigenvalue weighted by Gasteiger charge is -2.18. The number of thioether (sulfide) groups is 1. The van der Waals surface area contributed by atoms with Crippen LogP contribution in [0, 0.1) is 6.92 Å². The van der Waals surface area contributed by atoms with Gasteiger partial charge in [0.25, 0.3) is 0 Å². The van der Waals surface area contributed by atoms with Crippen LogP contribution in [0.25, 0.3) is 0 Å². The summed E-state index contributed by atoms with van der Waals surface area (Å²) in [6, 6.07) is 9.38. The Morgan fingerprint density at radius 3 is 2.55 bits per heavy atom. The van der Waals surface area contributed by atoms with E-state index in [0.717, 1.165) is 6.54 Å². The molecule has 20 heavy (non-hydrogen) atoms. The van der Waals surface area contributed by atoms with E-state index in [2.05, 4.69) is 50.4 Å². The highest BCUT2D eigenvalue weighted by Gasteiger charge is 2.09. The SMILES string of the molecule is CCCCCCC(CSc1ccccc1C)NCCC. The van der Waals surface area contributed by atoms with Gasteiger partial charge in [0.1, 0.15) is 0 Å². The second-order valence-corrected chi connectivity index (χ2v) is 6.64. The van der Waals surface area contributed by atoms with Gasteiger partial charge in [-0.3, -0.25) is 0 Å². The van der Waals surface area contributed by atoms with Crippen molar-refractivity contribution in [2.45, 2.75) is 70.2 Å². The summed E-state index contributed by atoms with van der Waals surface area (Å²) in [5.74, 6) is 1.19. The molecular weight excluding hydrogens is 262 g/mol. The molecule has 1 aromatic rings. The molecule has 1 nitrogen and oxygen atoms in total. The van der Waals surface area contributed by atoms with Crippen LogP contribution in [0.15, 0.2) is 29.2 Å². The Balaban J connectivity index is 2.37. The van der Waals surface area contributed by atoms with Crippen molar-refractivity contribution in [2.75, 3.05) is 12.3 Å². The van der Waals surface area contributed by atoms with Crippen LogP contribution in [0.2, 0.25) is 0 Å². The minimum absolute atomic E-state index is 0.663. The van der Waals surface area contributed by atoms with Crippen molar-refractivity contribution >= 4 is 11.8 Å². The maximum atomic E-state index is 3.72. The normalized spacial score (nSPS) is 12.6. The highest BCUT2D eigenvalue weighted by atomic mass is 32.2. The van der Waals surface area contributed by atoms with E-state index >= 15 is 0 Å². The third kappa shape index (κ3) is 7.35. The summed E-state index contributed by atoms with van der Waals surface area (Å²) in [4.78, 5) is 1.43. The van der Waals surface area contributed by atoms with Gasteiger partial charge in [0.2, 0.25) is 0 Å². The number of aryl methyl sites for hydroxylation is 1.